The van der Waals surface area contributed by atoms with E-state index in [9.17, 15) is 31.2 Å². The summed E-state index contributed by atoms with van der Waals surface area (Å²) in [5.41, 5.74) is 2.29. The molecule has 0 aliphatic heterocycles. The third-order valence-electron chi connectivity index (χ3n) is 8.74. The Morgan fingerprint density at radius 2 is 1.31 bits per heavy atom. The lowest BCUT2D eigenvalue weighted by Gasteiger charge is -2.29. The third kappa shape index (κ3) is 9.30. The van der Waals surface area contributed by atoms with Crippen molar-refractivity contribution >= 4 is 39.2 Å². The number of hydrogen-bond acceptors (Lipinski definition) is 5. The van der Waals surface area contributed by atoms with Crippen molar-refractivity contribution in [3.8, 4) is 0 Å². The highest BCUT2D eigenvalue weighted by molar-refractivity contribution is 7.89. The smallest absolute Gasteiger partial charge is 0.338 e. The SMILES string of the molecule is CC(C)(C)OC(=O)c1ccc(N(Cc2cc(C3CC3)cc(C(C)(C)C)c2)C(=O)CN(Cc2ccc(Cl)cc2)S(=O)(=O)c2c(F)c(F)c(F)c(F)c2F)cc1. The van der Waals surface area contributed by atoms with Crippen molar-refractivity contribution in [2.24, 2.45) is 0 Å². The molecule has 1 fully saturated rings. The molecule has 4 aromatic carbocycles. The van der Waals surface area contributed by atoms with Gasteiger partial charge in [0, 0.05) is 17.3 Å². The van der Waals surface area contributed by atoms with E-state index in [-0.39, 0.29) is 33.8 Å². The zero-order chi connectivity index (χ0) is 39.9. The molecular weight excluding hydrogens is 751 g/mol. The monoisotopic (exact) mass is 790 g/mol. The summed E-state index contributed by atoms with van der Waals surface area (Å²) in [7, 11) is -5.59. The largest absolute Gasteiger partial charge is 0.456 e. The van der Waals surface area contributed by atoms with Crippen LogP contribution in [0.15, 0.2) is 71.6 Å². The molecule has 54 heavy (non-hydrogen) atoms. The number of ether oxygens (including phenoxy) is 1. The summed E-state index contributed by atoms with van der Waals surface area (Å²) in [4.78, 5) is 26.4. The first-order chi connectivity index (χ1) is 25.1. The molecule has 14 heteroatoms. The highest BCUT2D eigenvalue weighted by Gasteiger charge is 2.39. The number of anilines is 1. The first kappa shape index (κ1) is 40.8. The lowest BCUT2D eigenvalue weighted by atomic mass is 9.84. The molecule has 4 aromatic rings. The van der Waals surface area contributed by atoms with Gasteiger partial charge in [0.25, 0.3) is 0 Å². The number of benzene rings is 4. The average Bonchev–Trinajstić information content (AvgIpc) is 3.94. The van der Waals surface area contributed by atoms with Gasteiger partial charge in [-0.25, -0.2) is 35.2 Å². The van der Waals surface area contributed by atoms with E-state index >= 15 is 8.78 Å². The van der Waals surface area contributed by atoms with Gasteiger partial charge in [-0.2, -0.15) is 4.31 Å². The van der Waals surface area contributed by atoms with E-state index in [1.54, 1.807) is 20.8 Å². The fourth-order valence-electron chi connectivity index (χ4n) is 5.71. The van der Waals surface area contributed by atoms with Crippen LogP contribution < -0.4 is 4.90 Å². The van der Waals surface area contributed by atoms with Gasteiger partial charge >= 0.3 is 5.97 Å². The molecule has 0 unspecified atom stereocenters. The van der Waals surface area contributed by atoms with E-state index < -0.39 is 74.6 Å². The maximum absolute atomic E-state index is 15.1. The van der Waals surface area contributed by atoms with Crippen LogP contribution in [0.25, 0.3) is 0 Å². The fourth-order valence-corrected chi connectivity index (χ4v) is 7.33. The Hall–Kier alpha value is -4.33. The molecule has 7 nitrogen and oxygen atoms in total. The molecule has 288 valence electrons. The molecule has 0 heterocycles. The van der Waals surface area contributed by atoms with E-state index in [0.29, 0.717) is 15.8 Å². The minimum absolute atomic E-state index is 0.106. The van der Waals surface area contributed by atoms with Crippen LogP contribution in [-0.4, -0.2) is 36.7 Å². The molecule has 5 rings (SSSR count). The Kier molecular flexibility index (Phi) is 11.7. The Labute approximate surface area is 316 Å². The molecule has 0 bridgehead atoms. The van der Waals surface area contributed by atoms with Crippen LogP contribution in [0.4, 0.5) is 27.6 Å². The quantitative estimate of drug-likeness (QED) is 0.0654. The molecule has 1 saturated carbocycles. The van der Waals surface area contributed by atoms with Gasteiger partial charge in [-0.3, -0.25) is 4.79 Å². The van der Waals surface area contributed by atoms with Crippen molar-refractivity contribution < 1.29 is 44.7 Å². The highest BCUT2D eigenvalue weighted by atomic mass is 35.5. The van der Waals surface area contributed by atoms with Crippen LogP contribution in [0.5, 0.6) is 0 Å². The Balaban J connectivity index is 1.61. The summed E-state index contributed by atoms with van der Waals surface area (Å²) in [6.07, 6.45) is 1.99. The lowest BCUT2D eigenvalue weighted by Crippen LogP contribution is -2.43. The number of halogens is 6. The van der Waals surface area contributed by atoms with Gasteiger partial charge in [-0.15, -0.1) is 0 Å². The molecule has 0 saturated heterocycles. The van der Waals surface area contributed by atoms with E-state index in [1.165, 1.54) is 53.4 Å². The second-order valence-corrected chi connectivity index (χ2v) is 17.6. The zero-order valence-electron chi connectivity index (χ0n) is 30.6. The summed E-state index contributed by atoms with van der Waals surface area (Å²) >= 11 is 5.99. The summed E-state index contributed by atoms with van der Waals surface area (Å²) < 4.78 is 107. The molecular formula is C40H40ClF5N2O5S. The summed E-state index contributed by atoms with van der Waals surface area (Å²) in [6, 6.07) is 17.4. The number of hydrogen-bond donors (Lipinski definition) is 0. The van der Waals surface area contributed by atoms with Gasteiger partial charge in [0.1, 0.15) is 5.60 Å². The number of carbonyl (C=O) groups excluding carboxylic acids is 2. The predicted molar refractivity (Wildman–Crippen MR) is 195 cm³/mol. The normalized spacial score (nSPS) is 13.6. The van der Waals surface area contributed by atoms with Gasteiger partial charge in [-0.05, 0) is 104 Å². The second-order valence-electron chi connectivity index (χ2n) is 15.3. The van der Waals surface area contributed by atoms with Crippen LogP contribution >= 0.6 is 11.6 Å². The molecule has 0 spiro atoms. The standard InChI is InChI=1S/C40H40ClF5N2O5S/c1-39(2,3)28-18-24(17-27(19-28)25-9-10-25)21-48(30-15-11-26(12-16-30)38(50)53-40(4,5)6)31(49)22-47(20-23-7-13-29(41)14-8-23)54(51,52)37-35(45)33(43)32(42)34(44)36(37)46/h7-8,11-19,25H,9-10,20-22H2,1-6H3. The Bertz CT molecular complexity index is 2150. The number of sulfonamides is 1. The van der Waals surface area contributed by atoms with Crippen LogP contribution in [0.1, 0.15) is 92.9 Å². The Morgan fingerprint density at radius 1 is 0.759 bits per heavy atom. The predicted octanol–water partition coefficient (Wildman–Crippen LogP) is 9.59. The Morgan fingerprint density at radius 3 is 1.83 bits per heavy atom. The van der Waals surface area contributed by atoms with E-state index in [2.05, 4.69) is 6.07 Å². The minimum Gasteiger partial charge on any atom is -0.456 e. The van der Waals surface area contributed by atoms with Crippen LogP contribution in [-0.2, 0) is 38.1 Å². The minimum atomic E-state index is -5.59. The molecule has 1 aliphatic carbocycles. The summed E-state index contributed by atoms with van der Waals surface area (Å²) in [5.74, 6) is -13.8. The molecule has 0 radical (unpaired) electrons. The number of amides is 1. The van der Waals surface area contributed by atoms with Gasteiger partial charge in [0.05, 0.1) is 18.7 Å². The van der Waals surface area contributed by atoms with Gasteiger partial charge in [-0.1, -0.05) is 62.7 Å². The lowest BCUT2D eigenvalue weighted by molar-refractivity contribution is -0.119. The topological polar surface area (TPSA) is 84.0 Å². The van der Waals surface area contributed by atoms with Crippen LogP contribution in [0, 0.1) is 29.1 Å². The van der Waals surface area contributed by atoms with Gasteiger partial charge in [0.15, 0.2) is 28.2 Å². The van der Waals surface area contributed by atoms with Crippen molar-refractivity contribution in [3.63, 3.8) is 0 Å². The first-order valence-electron chi connectivity index (χ1n) is 17.1. The van der Waals surface area contributed by atoms with E-state index in [4.69, 9.17) is 16.3 Å². The van der Waals surface area contributed by atoms with Crippen molar-refractivity contribution in [1.29, 1.82) is 0 Å². The molecule has 0 atom stereocenters. The van der Waals surface area contributed by atoms with E-state index in [1.807, 2.05) is 32.9 Å². The van der Waals surface area contributed by atoms with Crippen LogP contribution in [0.3, 0.4) is 0 Å². The van der Waals surface area contributed by atoms with Gasteiger partial charge in [0.2, 0.25) is 21.7 Å². The van der Waals surface area contributed by atoms with Crippen molar-refractivity contribution in [2.45, 2.75) is 89.3 Å². The van der Waals surface area contributed by atoms with Crippen molar-refractivity contribution in [3.05, 3.63) is 129 Å². The third-order valence-corrected chi connectivity index (χ3v) is 10.8. The molecule has 0 aromatic heterocycles. The highest BCUT2D eigenvalue weighted by Crippen LogP contribution is 2.42. The average molecular weight is 791 g/mol. The summed E-state index contributed by atoms with van der Waals surface area (Å²) in [5, 5.41) is 0.271. The van der Waals surface area contributed by atoms with Gasteiger partial charge < -0.3 is 9.64 Å². The van der Waals surface area contributed by atoms with Crippen molar-refractivity contribution in [1.82, 2.24) is 4.31 Å². The maximum Gasteiger partial charge on any atom is 0.338 e. The van der Waals surface area contributed by atoms with Crippen molar-refractivity contribution in [2.75, 3.05) is 11.4 Å². The first-order valence-corrected chi connectivity index (χ1v) is 18.9. The number of carbonyl (C=O) groups is 2. The number of rotatable bonds is 11. The molecule has 0 N–H and O–H groups in total. The second kappa shape index (κ2) is 15.4. The maximum atomic E-state index is 15.1. The number of nitrogens with zero attached hydrogens (tertiary/aromatic N) is 2. The zero-order valence-corrected chi connectivity index (χ0v) is 32.1. The molecule has 1 amide bonds. The van der Waals surface area contributed by atoms with E-state index in [0.717, 1.165) is 24.0 Å². The van der Waals surface area contributed by atoms with Crippen LogP contribution in [0.2, 0.25) is 5.02 Å². The fraction of sp³-hybridized carbons (Fsp3) is 0.350. The molecule has 1 aliphatic rings. The summed E-state index contributed by atoms with van der Waals surface area (Å²) in [6.45, 7) is 9.34. The number of esters is 1.